The van der Waals surface area contributed by atoms with Crippen molar-refractivity contribution in [3.63, 3.8) is 0 Å². The molecule has 0 atom stereocenters. The molecule has 3 aromatic rings. The number of rotatable bonds is 2. The van der Waals surface area contributed by atoms with Crippen LogP contribution in [-0.4, -0.2) is 12.1 Å². The molecule has 3 nitrogen and oxygen atoms in total. The van der Waals surface area contributed by atoms with E-state index in [2.05, 4.69) is 4.98 Å². The number of hydrogen-bond donors (Lipinski definition) is 1. The van der Waals surface area contributed by atoms with Crippen molar-refractivity contribution in [1.82, 2.24) is 4.98 Å². The van der Waals surface area contributed by atoms with Gasteiger partial charge in [-0.1, -0.05) is 29.8 Å². The Labute approximate surface area is 120 Å². The van der Waals surface area contributed by atoms with E-state index >= 15 is 0 Å². The van der Waals surface area contributed by atoms with Gasteiger partial charge in [0.15, 0.2) is 0 Å². The first-order valence-corrected chi connectivity index (χ1v) is 6.53. The van der Waals surface area contributed by atoms with Crippen LogP contribution in [0.1, 0.15) is 0 Å². The lowest BCUT2D eigenvalue weighted by molar-refractivity contribution is 0.416. The van der Waals surface area contributed by atoms with Crippen molar-refractivity contribution in [2.45, 2.75) is 0 Å². The largest absolute Gasteiger partial charge is 0.496 e. The number of methoxy groups -OCH3 is 1. The molecule has 1 N–H and O–H groups in total. The highest BCUT2D eigenvalue weighted by Gasteiger charge is 2.10. The molecule has 0 fully saturated rings. The van der Waals surface area contributed by atoms with Crippen molar-refractivity contribution >= 4 is 22.5 Å². The van der Waals surface area contributed by atoms with Crippen molar-refractivity contribution in [2.75, 3.05) is 7.11 Å². The standard InChI is InChI=1S/C16H12ClNO2/c1-20-15-5-3-2-4-11(15)12-8-10-6-7-16(19)18-14(10)9-13(12)17/h2-9H,1H3,(H,18,19). The van der Waals surface area contributed by atoms with Crippen LogP contribution in [-0.2, 0) is 0 Å². The minimum absolute atomic E-state index is 0.140. The van der Waals surface area contributed by atoms with Gasteiger partial charge >= 0.3 is 0 Å². The first kappa shape index (κ1) is 12.8. The average Bonchev–Trinajstić information content (AvgIpc) is 2.46. The summed E-state index contributed by atoms with van der Waals surface area (Å²) in [6.07, 6.45) is 0. The summed E-state index contributed by atoms with van der Waals surface area (Å²) < 4.78 is 5.37. The maximum Gasteiger partial charge on any atom is 0.248 e. The number of para-hydroxylation sites is 1. The number of benzene rings is 2. The van der Waals surface area contributed by atoms with Gasteiger partial charge in [-0.25, -0.2) is 0 Å². The Morgan fingerprint density at radius 2 is 1.85 bits per heavy atom. The molecule has 4 heteroatoms. The highest BCUT2D eigenvalue weighted by Crippen LogP contribution is 2.36. The van der Waals surface area contributed by atoms with E-state index in [1.807, 2.05) is 30.3 Å². The number of aromatic nitrogens is 1. The summed E-state index contributed by atoms with van der Waals surface area (Å²) in [5.41, 5.74) is 2.39. The molecule has 1 aromatic heterocycles. The second-order valence-corrected chi connectivity index (χ2v) is 4.85. The van der Waals surface area contributed by atoms with E-state index in [4.69, 9.17) is 16.3 Å². The molecule has 0 amide bonds. The Bertz CT molecular complexity index is 839. The fourth-order valence-electron chi connectivity index (χ4n) is 2.25. The Balaban J connectivity index is 2.28. The van der Waals surface area contributed by atoms with E-state index in [0.717, 1.165) is 27.8 Å². The lowest BCUT2D eigenvalue weighted by Crippen LogP contribution is -2.02. The second kappa shape index (κ2) is 5.02. The van der Waals surface area contributed by atoms with Crippen molar-refractivity contribution in [3.8, 4) is 16.9 Å². The first-order valence-electron chi connectivity index (χ1n) is 6.15. The monoisotopic (exact) mass is 285 g/mol. The molecule has 3 rings (SSSR count). The van der Waals surface area contributed by atoms with Gasteiger partial charge in [0.05, 0.1) is 12.1 Å². The lowest BCUT2D eigenvalue weighted by atomic mass is 10.0. The summed E-state index contributed by atoms with van der Waals surface area (Å²) in [4.78, 5) is 14.1. The molecular formula is C16H12ClNO2. The number of aromatic amines is 1. The molecule has 20 heavy (non-hydrogen) atoms. The Kier molecular flexibility index (Phi) is 3.20. The summed E-state index contributed by atoms with van der Waals surface area (Å²) in [6, 6.07) is 14.7. The van der Waals surface area contributed by atoms with Gasteiger partial charge in [0.25, 0.3) is 0 Å². The Morgan fingerprint density at radius 3 is 2.65 bits per heavy atom. The van der Waals surface area contributed by atoms with Crippen LogP contribution in [0.3, 0.4) is 0 Å². The molecule has 1 heterocycles. The van der Waals surface area contributed by atoms with Crippen LogP contribution in [0, 0.1) is 0 Å². The van der Waals surface area contributed by atoms with Crippen LogP contribution in [0.25, 0.3) is 22.0 Å². The third-order valence-corrected chi connectivity index (χ3v) is 3.52. The van der Waals surface area contributed by atoms with Crippen LogP contribution in [0.2, 0.25) is 5.02 Å². The van der Waals surface area contributed by atoms with E-state index in [1.54, 1.807) is 19.2 Å². The number of hydrogen-bond acceptors (Lipinski definition) is 2. The van der Waals surface area contributed by atoms with E-state index in [9.17, 15) is 4.79 Å². The summed E-state index contributed by atoms with van der Waals surface area (Å²) in [5, 5.41) is 1.50. The molecule has 0 saturated heterocycles. The highest BCUT2D eigenvalue weighted by molar-refractivity contribution is 6.34. The highest BCUT2D eigenvalue weighted by atomic mass is 35.5. The summed E-state index contributed by atoms with van der Waals surface area (Å²) in [6.45, 7) is 0. The van der Waals surface area contributed by atoms with Gasteiger partial charge in [0.2, 0.25) is 5.56 Å². The van der Waals surface area contributed by atoms with Crippen molar-refractivity contribution in [3.05, 3.63) is 63.9 Å². The minimum Gasteiger partial charge on any atom is -0.496 e. The summed E-state index contributed by atoms with van der Waals surface area (Å²) >= 11 is 6.34. The van der Waals surface area contributed by atoms with Gasteiger partial charge in [0.1, 0.15) is 5.75 Å². The smallest absolute Gasteiger partial charge is 0.248 e. The lowest BCUT2D eigenvalue weighted by Gasteiger charge is -2.11. The minimum atomic E-state index is -0.140. The molecule has 0 aliphatic carbocycles. The predicted molar refractivity (Wildman–Crippen MR) is 81.6 cm³/mol. The SMILES string of the molecule is COc1ccccc1-c1cc2ccc(=O)[nH]c2cc1Cl. The van der Waals surface area contributed by atoms with Gasteiger partial charge in [-0.3, -0.25) is 4.79 Å². The molecule has 0 aliphatic rings. The first-order chi connectivity index (χ1) is 9.69. The molecule has 100 valence electrons. The van der Waals surface area contributed by atoms with Crippen LogP contribution in [0.5, 0.6) is 5.75 Å². The maximum absolute atomic E-state index is 11.3. The molecule has 0 aliphatic heterocycles. The molecule has 0 bridgehead atoms. The van der Waals surface area contributed by atoms with E-state index in [1.165, 1.54) is 6.07 Å². The zero-order valence-electron chi connectivity index (χ0n) is 10.8. The predicted octanol–water partition coefficient (Wildman–Crippen LogP) is 3.86. The maximum atomic E-state index is 11.3. The van der Waals surface area contributed by atoms with E-state index < -0.39 is 0 Å². The third kappa shape index (κ3) is 2.17. The van der Waals surface area contributed by atoms with Gasteiger partial charge in [-0.2, -0.15) is 0 Å². The molecule has 0 spiro atoms. The van der Waals surface area contributed by atoms with Gasteiger partial charge in [-0.05, 0) is 29.7 Å². The fraction of sp³-hybridized carbons (Fsp3) is 0.0625. The van der Waals surface area contributed by atoms with Gasteiger partial charge < -0.3 is 9.72 Å². The quantitative estimate of drug-likeness (QED) is 0.777. The van der Waals surface area contributed by atoms with Crippen molar-refractivity contribution in [1.29, 1.82) is 0 Å². The number of halogens is 1. The summed E-state index contributed by atoms with van der Waals surface area (Å²) in [7, 11) is 1.63. The number of pyridine rings is 1. The molecule has 0 radical (unpaired) electrons. The van der Waals surface area contributed by atoms with Crippen molar-refractivity contribution < 1.29 is 4.74 Å². The van der Waals surface area contributed by atoms with Crippen LogP contribution >= 0.6 is 11.6 Å². The number of H-pyrrole nitrogens is 1. The topological polar surface area (TPSA) is 42.1 Å². The molecular weight excluding hydrogens is 274 g/mol. The molecule has 0 saturated carbocycles. The zero-order chi connectivity index (χ0) is 14.1. The summed E-state index contributed by atoms with van der Waals surface area (Å²) in [5.74, 6) is 0.762. The second-order valence-electron chi connectivity index (χ2n) is 4.44. The number of fused-ring (bicyclic) bond motifs is 1. The fourth-order valence-corrected chi connectivity index (χ4v) is 2.52. The van der Waals surface area contributed by atoms with Crippen LogP contribution in [0.4, 0.5) is 0 Å². The molecule has 2 aromatic carbocycles. The third-order valence-electron chi connectivity index (χ3n) is 3.21. The Hall–Kier alpha value is -2.26. The zero-order valence-corrected chi connectivity index (χ0v) is 11.6. The normalized spacial score (nSPS) is 10.7. The van der Waals surface area contributed by atoms with E-state index in [-0.39, 0.29) is 5.56 Å². The number of ether oxygens (including phenoxy) is 1. The van der Waals surface area contributed by atoms with Crippen LogP contribution < -0.4 is 10.3 Å². The Morgan fingerprint density at radius 1 is 1.05 bits per heavy atom. The molecule has 0 unspecified atom stereocenters. The van der Waals surface area contributed by atoms with Crippen LogP contribution in [0.15, 0.2) is 53.3 Å². The average molecular weight is 286 g/mol. The van der Waals surface area contributed by atoms with Crippen molar-refractivity contribution in [2.24, 2.45) is 0 Å². The van der Waals surface area contributed by atoms with E-state index in [0.29, 0.717) is 5.02 Å². The number of nitrogens with one attached hydrogen (secondary N) is 1. The van der Waals surface area contributed by atoms with Gasteiger partial charge in [0, 0.05) is 22.7 Å². The van der Waals surface area contributed by atoms with Gasteiger partial charge in [-0.15, -0.1) is 0 Å².